The van der Waals surface area contributed by atoms with Crippen LogP contribution in [-0.2, 0) is 0 Å². The second kappa shape index (κ2) is 5.97. The van der Waals surface area contributed by atoms with Gasteiger partial charge in [0.2, 0.25) is 0 Å². The Kier molecular flexibility index (Phi) is 3.86. The van der Waals surface area contributed by atoms with E-state index in [4.69, 9.17) is 0 Å². The molecule has 1 aliphatic carbocycles. The maximum absolute atomic E-state index is 13.1. The highest BCUT2D eigenvalue weighted by molar-refractivity contribution is 5.89. The lowest BCUT2D eigenvalue weighted by molar-refractivity contribution is 0.251. The van der Waals surface area contributed by atoms with Crippen LogP contribution in [0.5, 0.6) is 0 Å². The molecule has 1 saturated carbocycles. The number of anilines is 3. The Morgan fingerprint density at radius 2 is 1.86 bits per heavy atom. The summed E-state index contributed by atoms with van der Waals surface area (Å²) in [6.45, 7) is 0. The zero-order chi connectivity index (χ0) is 15.5. The van der Waals surface area contributed by atoms with Crippen LogP contribution in [0.2, 0.25) is 0 Å². The summed E-state index contributed by atoms with van der Waals surface area (Å²) in [5.41, 5.74) is 0.938. The van der Waals surface area contributed by atoms with Gasteiger partial charge in [-0.25, -0.2) is 18.6 Å². The van der Waals surface area contributed by atoms with Crippen LogP contribution in [0.25, 0.3) is 0 Å². The van der Waals surface area contributed by atoms with Crippen LogP contribution in [0.3, 0.4) is 0 Å². The fourth-order valence-electron chi connectivity index (χ4n) is 1.84. The zero-order valence-corrected chi connectivity index (χ0v) is 11.6. The molecular formula is C15H14F2N4O. The third kappa shape index (κ3) is 3.69. The van der Waals surface area contributed by atoms with E-state index in [9.17, 15) is 13.6 Å². The molecule has 0 aliphatic heterocycles. The number of carbonyl (C=O) groups excluding carboxylic acids is 1. The van der Waals surface area contributed by atoms with Crippen molar-refractivity contribution in [3.05, 3.63) is 48.2 Å². The average Bonchev–Trinajstić information content (AvgIpc) is 3.29. The summed E-state index contributed by atoms with van der Waals surface area (Å²) in [6, 6.07) is 6.82. The number of carbonyl (C=O) groups is 1. The molecule has 2 amide bonds. The fourth-order valence-corrected chi connectivity index (χ4v) is 1.84. The summed E-state index contributed by atoms with van der Waals surface area (Å²) in [4.78, 5) is 15.7. The molecule has 22 heavy (non-hydrogen) atoms. The third-order valence-corrected chi connectivity index (χ3v) is 3.13. The number of urea groups is 1. The van der Waals surface area contributed by atoms with Crippen molar-refractivity contribution < 1.29 is 13.6 Å². The van der Waals surface area contributed by atoms with E-state index >= 15 is 0 Å². The minimum Gasteiger partial charge on any atom is -0.340 e. The van der Waals surface area contributed by atoms with Gasteiger partial charge in [0.1, 0.15) is 5.82 Å². The first-order valence-corrected chi connectivity index (χ1v) is 6.86. The van der Waals surface area contributed by atoms with Crippen molar-refractivity contribution in [2.24, 2.45) is 0 Å². The van der Waals surface area contributed by atoms with Gasteiger partial charge in [0.15, 0.2) is 11.6 Å². The third-order valence-electron chi connectivity index (χ3n) is 3.13. The summed E-state index contributed by atoms with van der Waals surface area (Å²) in [7, 11) is 0. The van der Waals surface area contributed by atoms with E-state index in [0.717, 1.165) is 25.0 Å². The topological polar surface area (TPSA) is 66.0 Å². The summed E-state index contributed by atoms with van der Waals surface area (Å²) < 4.78 is 26.0. The number of halogens is 2. The smallest absolute Gasteiger partial charge is 0.319 e. The van der Waals surface area contributed by atoms with Gasteiger partial charge in [-0.15, -0.1) is 0 Å². The first-order chi connectivity index (χ1) is 10.6. The molecule has 0 bridgehead atoms. The van der Waals surface area contributed by atoms with Gasteiger partial charge in [-0.2, -0.15) is 0 Å². The maximum Gasteiger partial charge on any atom is 0.319 e. The highest BCUT2D eigenvalue weighted by atomic mass is 19.2. The number of aromatic nitrogens is 1. The van der Waals surface area contributed by atoms with Crippen LogP contribution in [-0.4, -0.2) is 17.1 Å². The Morgan fingerprint density at radius 1 is 1.09 bits per heavy atom. The molecule has 3 rings (SSSR count). The number of pyridine rings is 1. The van der Waals surface area contributed by atoms with Gasteiger partial charge in [0.05, 0.1) is 11.9 Å². The first-order valence-electron chi connectivity index (χ1n) is 6.86. The summed E-state index contributed by atoms with van der Waals surface area (Å²) >= 11 is 0. The molecule has 3 N–H and O–H groups in total. The number of nitrogens with one attached hydrogen (secondary N) is 3. The monoisotopic (exact) mass is 304 g/mol. The molecule has 0 radical (unpaired) electrons. The lowest BCUT2D eigenvalue weighted by Crippen LogP contribution is -2.30. The van der Waals surface area contributed by atoms with Crippen LogP contribution in [0.4, 0.5) is 30.8 Å². The lowest BCUT2D eigenvalue weighted by Gasteiger charge is -2.08. The minimum absolute atomic E-state index is 0.259. The standard InChI is InChI=1S/C15H14F2N4O/c16-12-5-3-10(7-13(12)17)19-14-6-4-11(8-18-14)21-15(22)20-9-1-2-9/h3-9H,1-2H2,(H,18,19)(H2,20,21,22). The first kappa shape index (κ1) is 14.2. The molecule has 1 heterocycles. The second-order valence-corrected chi connectivity index (χ2v) is 5.06. The molecule has 0 atom stereocenters. The number of nitrogens with zero attached hydrogens (tertiary/aromatic N) is 1. The number of amides is 2. The number of rotatable bonds is 4. The van der Waals surface area contributed by atoms with E-state index < -0.39 is 11.6 Å². The van der Waals surface area contributed by atoms with Gasteiger partial charge in [-0.3, -0.25) is 0 Å². The highest BCUT2D eigenvalue weighted by Gasteiger charge is 2.23. The van der Waals surface area contributed by atoms with Crippen LogP contribution < -0.4 is 16.0 Å². The quantitative estimate of drug-likeness (QED) is 0.811. The maximum atomic E-state index is 13.1. The van der Waals surface area contributed by atoms with E-state index in [2.05, 4.69) is 20.9 Å². The SMILES string of the molecule is O=C(Nc1ccc(Nc2ccc(F)c(F)c2)nc1)NC1CC1. The number of hydrogen-bond acceptors (Lipinski definition) is 3. The van der Waals surface area contributed by atoms with Crippen molar-refractivity contribution in [2.45, 2.75) is 18.9 Å². The van der Waals surface area contributed by atoms with Crippen LogP contribution in [0.15, 0.2) is 36.5 Å². The van der Waals surface area contributed by atoms with Gasteiger partial charge in [-0.05, 0) is 37.1 Å². The molecule has 2 aromatic rings. The Bertz CT molecular complexity index is 686. The minimum atomic E-state index is -0.931. The predicted molar refractivity (Wildman–Crippen MR) is 79.1 cm³/mol. The summed E-state index contributed by atoms with van der Waals surface area (Å²) in [6.07, 6.45) is 3.51. The van der Waals surface area contributed by atoms with Crippen molar-refractivity contribution in [1.29, 1.82) is 0 Å². The van der Waals surface area contributed by atoms with Gasteiger partial charge in [0, 0.05) is 17.8 Å². The Labute approximate surface area is 125 Å². The van der Waals surface area contributed by atoms with E-state index in [1.165, 1.54) is 12.3 Å². The van der Waals surface area contributed by atoms with Gasteiger partial charge >= 0.3 is 6.03 Å². The number of hydrogen-bond donors (Lipinski definition) is 3. The predicted octanol–water partition coefficient (Wildman–Crippen LogP) is 3.39. The molecule has 1 aromatic heterocycles. The number of benzene rings is 1. The normalized spacial score (nSPS) is 13.5. The molecular weight excluding hydrogens is 290 g/mol. The Hall–Kier alpha value is -2.70. The highest BCUT2D eigenvalue weighted by Crippen LogP contribution is 2.20. The van der Waals surface area contributed by atoms with E-state index in [1.54, 1.807) is 12.1 Å². The van der Waals surface area contributed by atoms with E-state index in [-0.39, 0.29) is 12.1 Å². The summed E-state index contributed by atoms with van der Waals surface area (Å²) in [5, 5.41) is 8.32. The Morgan fingerprint density at radius 3 is 2.50 bits per heavy atom. The van der Waals surface area contributed by atoms with Crippen molar-refractivity contribution in [3.8, 4) is 0 Å². The molecule has 114 valence electrons. The molecule has 0 spiro atoms. The van der Waals surface area contributed by atoms with Crippen LogP contribution in [0, 0.1) is 11.6 Å². The van der Waals surface area contributed by atoms with Gasteiger partial charge in [-0.1, -0.05) is 0 Å². The van der Waals surface area contributed by atoms with Crippen LogP contribution in [0.1, 0.15) is 12.8 Å². The Balaban J connectivity index is 1.60. The molecule has 1 aliphatic rings. The van der Waals surface area contributed by atoms with Gasteiger partial charge in [0.25, 0.3) is 0 Å². The molecule has 5 nitrogen and oxygen atoms in total. The molecule has 0 saturated heterocycles. The van der Waals surface area contributed by atoms with Crippen molar-refractivity contribution in [3.63, 3.8) is 0 Å². The van der Waals surface area contributed by atoms with Crippen molar-refractivity contribution in [2.75, 3.05) is 10.6 Å². The van der Waals surface area contributed by atoms with Crippen LogP contribution >= 0.6 is 0 Å². The second-order valence-electron chi connectivity index (χ2n) is 5.06. The largest absolute Gasteiger partial charge is 0.340 e. The zero-order valence-electron chi connectivity index (χ0n) is 11.6. The average molecular weight is 304 g/mol. The van der Waals surface area contributed by atoms with Crippen molar-refractivity contribution >= 4 is 23.2 Å². The van der Waals surface area contributed by atoms with Gasteiger partial charge < -0.3 is 16.0 Å². The molecule has 7 heteroatoms. The van der Waals surface area contributed by atoms with Crippen molar-refractivity contribution in [1.82, 2.24) is 10.3 Å². The fraction of sp³-hybridized carbons (Fsp3) is 0.200. The van der Waals surface area contributed by atoms with E-state index in [0.29, 0.717) is 17.2 Å². The van der Waals surface area contributed by atoms with E-state index in [1.807, 2.05) is 0 Å². The molecule has 1 aromatic carbocycles. The lowest BCUT2D eigenvalue weighted by atomic mass is 10.3. The molecule has 0 unspecified atom stereocenters. The summed E-state index contributed by atoms with van der Waals surface area (Å²) in [5.74, 6) is -1.38. The molecule has 1 fully saturated rings.